The summed E-state index contributed by atoms with van der Waals surface area (Å²) in [6, 6.07) is 22.2. The standard InChI is InChI=1S/C23H20N2O3/c1-16(26)25-14-13-17-15-18(11-12-21(17)25)23(27)24-20-9-5-6-10-22(20)28-19-7-3-2-4-8-19/h2-12,15H,13-14H2,1H3,(H,24,27). The molecule has 3 aromatic rings. The summed E-state index contributed by atoms with van der Waals surface area (Å²) >= 11 is 0. The van der Waals surface area contributed by atoms with E-state index in [1.54, 1.807) is 24.0 Å². The maximum Gasteiger partial charge on any atom is 0.255 e. The monoisotopic (exact) mass is 372 g/mol. The van der Waals surface area contributed by atoms with Gasteiger partial charge in [-0.25, -0.2) is 0 Å². The van der Waals surface area contributed by atoms with Crippen molar-refractivity contribution >= 4 is 23.2 Å². The Hall–Kier alpha value is -3.60. The van der Waals surface area contributed by atoms with Crippen LogP contribution in [0.4, 0.5) is 11.4 Å². The van der Waals surface area contributed by atoms with Gasteiger partial charge < -0.3 is 15.0 Å². The highest BCUT2D eigenvalue weighted by Crippen LogP contribution is 2.31. The van der Waals surface area contributed by atoms with Crippen LogP contribution < -0.4 is 15.0 Å². The van der Waals surface area contributed by atoms with E-state index >= 15 is 0 Å². The SMILES string of the molecule is CC(=O)N1CCc2cc(C(=O)Nc3ccccc3Oc3ccccc3)ccc21. The number of rotatable bonds is 4. The predicted molar refractivity (Wildman–Crippen MR) is 109 cm³/mol. The third-order valence-corrected chi connectivity index (χ3v) is 4.72. The van der Waals surface area contributed by atoms with Gasteiger partial charge in [0.15, 0.2) is 5.75 Å². The van der Waals surface area contributed by atoms with Crippen LogP contribution in [-0.2, 0) is 11.2 Å². The van der Waals surface area contributed by atoms with Crippen molar-refractivity contribution in [1.29, 1.82) is 0 Å². The summed E-state index contributed by atoms with van der Waals surface area (Å²) < 4.78 is 5.90. The zero-order chi connectivity index (χ0) is 19.5. The highest BCUT2D eigenvalue weighted by atomic mass is 16.5. The number of benzene rings is 3. The second kappa shape index (κ2) is 7.56. The van der Waals surface area contributed by atoms with Gasteiger partial charge in [-0.15, -0.1) is 0 Å². The van der Waals surface area contributed by atoms with Gasteiger partial charge in [0.1, 0.15) is 5.75 Å². The molecule has 0 saturated carbocycles. The van der Waals surface area contributed by atoms with Crippen molar-refractivity contribution in [2.45, 2.75) is 13.3 Å². The molecule has 1 heterocycles. The molecule has 1 aliphatic rings. The predicted octanol–water partition coefficient (Wildman–Crippen LogP) is 4.64. The molecule has 5 nitrogen and oxygen atoms in total. The summed E-state index contributed by atoms with van der Waals surface area (Å²) in [6.07, 6.45) is 0.754. The molecule has 5 heteroatoms. The van der Waals surface area contributed by atoms with Crippen molar-refractivity contribution in [3.05, 3.63) is 83.9 Å². The second-order valence-corrected chi connectivity index (χ2v) is 6.63. The number of fused-ring (bicyclic) bond motifs is 1. The van der Waals surface area contributed by atoms with E-state index in [-0.39, 0.29) is 11.8 Å². The topological polar surface area (TPSA) is 58.6 Å². The van der Waals surface area contributed by atoms with Gasteiger partial charge in [0.05, 0.1) is 5.69 Å². The maximum absolute atomic E-state index is 12.8. The van der Waals surface area contributed by atoms with Crippen LogP contribution in [0.5, 0.6) is 11.5 Å². The Bertz CT molecular complexity index is 1030. The number of carbonyl (C=O) groups is 2. The van der Waals surface area contributed by atoms with Crippen molar-refractivity contribution in [2.24, 2.45) is 0 Å². The fourth-order valence-corrected chi connectivity index (χ4v) is 3.34. The molecule has 0 fully saturated rings. The van der Waals surface area contributed by atoms with Crippen LogP contribution >= 0.6 is 0 Å². The maximum atomic E-state index is 12.8. The lowest BCUT2D eigenvalue weighted by atomic mass is 10.1. The molecule has 0 unspecified atom stereocenters. The minimum absolute atomic E-state index is 0.0166. The van der Waals surface area contributed by atoms with Gasteiger partial charge >= 0.3 is 0 Å². The first-order valence-electron chi connectivity index (χ1n) is 9.16. The Morgan fingerprint density at radius 2 is 1.71 bits per heavy atom. The summed E-state index contributed by atoms with van der Waals surface area (Å²) in [5.74, 6) is 1.08. The Morgan fingerprint density at radius 1 is 0.964 bits per heavy atom. The second-order valence-electron chi connectivity index (χ2n) is 6.63. The van der Waals surface area contributed by atoms with E-state index in [4.69, 9.17) is 4.74 Å². The number of para-hydroxylation sites is 3. The molecule has 0 atom stereocenters. The first kappa shape index (κ1) is 17.8. The number of carbonyl (C=O) groups excluding carboxylic acids is 2. The summed E-state index contributed by atoms with van der Waals surface area (Å²) in [5.41, 5.74) is 3.05. The van der Waals surface area contributed by atoms with Crippen molar-refractivity contribution < 1.29 is 14.3 Å². The molecule has 4 rings (SSSR count). The van der Waals surface area contributed by atoms with Crippen LogP contribution in [0.3, 0.4) is 0 Å². The number of anilines is 2. The number of hydrogen-bond acceptors (Lipinski definition) is 3. The minimum Gasteiger partial charge on any atom is -0.455 e. The van der Waals surface area contributed by atoms with Gasteiger partial charge in [0.25, 0.3) is 5.91 Å². The van der Waals surface area contributed by atoms with E-state index in [2.05, 4.69) is 5.32 Å². The van der Waals surface area contributed by atoms with Crippen LogP contribution in [0.15, 0.2) is 72.8 Å². The number of amides is 2. The number of hydrogen-bond donors (Lipinski definition) is 1. The molecule has 3 aromatic carbocycles. The average molecular weight is 372 g/mol. The molecule has 1 N–H and O–H groups in total. The van der Waals surface area contributed by atoms with Crippen molar-refractivity contribution in [3.8, 4) is 11.5 Å². The molecule has 0 spiro atoms. The van der Waals surface area contributed by atoms with Gasteiger partial charge in [-0.2, -0.15) is 0 Å². The van der Waals surface area contributed by atoms with E-state index in [0.717, 1.165) is 17.7 Å². The van der Waals surface area contributed by atoms with Crippen molar-refractivity contribution in [1.82, 2.24) is 0 Å². The first-order valence-corrected chi connectivity index (χ1v) is 9.16. The zero-order valence-electron chi connectivity index (χ0n) is 15.5. The largest absolute Gasteiger partial charge is 0.455 e. The third-order valence-electron chi connectivity index (χ3n) is 4.72. The fourth-order valence-electron chi connectivity index (χ4n) is 3.34. The molecule has 0 aliphatic carbocycles. The minimum atomic E-state index is -0.215. The van der Waals surface area contributed by atoms with Crippen LogP contribution in [0.1, 0.15) is 22.8 Å². The van der Waals surface area contributed by atoms with Gasteiger partial charge in [-0.05, 0) is 54.4 Å². The first-order chi connectivity index (χ1) is 13.6. The Labute approximate surface area is 163 Å². The van der Waals surface area contributed by atoms with E-state index in [1.165, 1.54) is 0 Å². The molecule has 0 saturated heterocycles. The highest BCUT2D eigenvalue weighted by Gasteiger charge is 2.23. The number of nitrogens with zero attached hydrogens (tertiary/aromatic N) is 1. The highest BCUT2D eigenvalue weighted by molar-refractivity contribution is 6.06. The van der Waals surface area contributed by atoms with Gasteiger partial charge in [0.2, 0.25) is 5.91 Å². The number of nitrogens with one attached hydrogen (secondary N) is 1. The lowest BCUT2D eigenvalue weighted by molar-refractivity contribution is -0.116. The summed E-state index contributed by atoms with van der Waals surface area (Å²) in [4.78, 5) is 26.2. The van der Waals surface area contributed by atoms with E-state index in [0.29, 0.717) is 29.3 Å². The van der Waals surface area contributed by atoms with E-state index in [1.807, 2.05) is 60.7 Å². The fraction of sp³-hybridized carbons (Fsp3) is 0.130. The lowest BCUT2D eigenvalue weighted by Gasteiger charge is -2.15. The van der Waals surface area contributed by atoms with Crippen LogP contribution in [0.25, 0.3) is 0 Å². The Balaban J connectivity index is 1.54. The van der Waals surface area contributed by atoms with Gasteiger partial charge in [-0.1, -0.05) is 30.3 Å². The summed E-state index contributed by atoms with van der Waals surface area (Å²) in [5, 5.41) is 2.93. The molecule has 0 bridgehead atoms. The lowest BCUT2D eigenvalue weighted by Crippen LogP contribution is -2.25. The molecule has 140 valence electrons. The van der Waals surface area contributed by atoms with Crippen LogP contribution in [0, 0.1) is 0 Å². The molecule has 1 aliphatic heterocycles. The van der Waals surface area contributed by atoms with Crippen molar-refractivity contribution in [3.63, 3.8) is 0 Å². The summed E-state index contributed by atoms with van der Waals surface area (Å²) in [7, 11) is 0. The zero-order valence-corrected chi connectivity index (χ0v) is 15.5. The Morgan fingerprint density at radius 3 is 2.50 bits per heavy atom. The van der Waals surface area contributed by atoms with E-state index < -0.39 is 0 Å². The molecular weight excluding hydrogens is 352 g/mol. The number of ether oxygens (including phenoxy) is 1. The normalized spacial score (nSPS) is 12.4. The van der Waals surface area contributed by atoms with Crippen LogP contribution in [0.2, 0.25) is 0 Å². The average Bonchev–Trinajstić information content (AvgIpc) is 3.14. The Kier molecular flexibility index (Phi) is 4.81. The molecule has 28 heavy (non-hydrogen) atoms. The van der Waals surface area contributed by atoms with Crippen molar-refractivity contribution in [2.75, 3.05) is 16.8 Å². The molecule has 0 radical (unpaired) electrons. The van der Waals surface area contributed by atoms with Gasteiger partial charge in [0, 0.05) is 24.7 Å². The molecular formula is C23H20N2O3. The third kappa shape index (κ3) is 3.60. The summed E-state index contributed by atoms with van der Waals surface area (Å²) in [6.45, 7) is 2.21. The van der Waals surface area contributed by atoms with E-state index in [9.17, 15) is 9.59 Å². The molecule has 0 aromatic heterocycles. The smallest absolute Gasteiger partial charge is 0.255 e. The quantitative estimate of drug-likeness (QED) is 0.726. The van der Waals surface area contributed by atoms with Crippen LogP contribution in [-0.4, -0.2) is 18.4 Å². The van der Waals surface area contributed by atoms with Gasteiger partial charge in [-0.3, -0.25) is 9.59 Å². The molecule has 2 amide bonds.